The van der Waals surface area contributed by atoms with E-state index in [1.54, 1.807) is 17.1 Å². The van der Waals surface area contributed by atoms with Crippen molar-refractivity contribution in [1.29, 1.82) is 0 Å². The molecule has 3 aromatic heterocycles. The van der Waals surface area contributed by atoms with Crippen LogP contribution in [0.25, 0.3) is 11.5 Å². The summed E-state index contributed by atoms with van der Waals surface area (Å²) in [4.78, 5) is 17.5. The van der Waals surface area contributed by atoms with Gasteiger partial charge in [-0.1, -0.05) is 18.2 Å². The molecule has 0 bridgehead atoms. The van der Waals surface area contributed by atoms with Crippen LogP contribution in [0.2, 0.25) is 0 Å². The third kappa shape index (κ3) is 3.20. The number of amides is 1. The number of carbonyl (C=O) groups excluding carboxylic acids is 1. The Kier molecular flexibility index (Phi) is 4.40. The monoisotopic (exact) mass is 384 g/mol. The molecule has 7 nitrogen and oxygen atoms in total. The van der Waals surface area contributed by atoms with E-state index in [0.717, 1.165) is 42.0 Å². The van der Waals surface area contributed by atoms with E-state index >= 15 is 0 Å². The number of rotatable bonds is 4. The molecule has 0 fully saturated rings. The average Bonchev–Trinajstić information content (AvgIpc) is 3.45. The lowest BCUT2D eigenvalue weighted by atomic mass is 9.92. The summed E-state index contributed by atoms with van der Waals surface area (Å²) in [7, 11) is 0. The minimum Gasteiger partial charge on any atom is -0.345 e. The van der Waals surface area contributed by atoms with Crippen LogP contribution in [0.5, 0.6) is 0 Å². The third-order valence-corrected chi connectivity index (χ3v) is 5.25. The summed E-state index contributed by atoms with van der Waals surface area (Å²) in [5.41, 5.74) is 3.53. The molecule has 144 valence electrons. The lowest BCUT2D eigenvalue weighted by Gasteiger charge is -2.24. The molecule has 3 heterocycles. The number of carbonyl (C=O) groups is 1. The van der Waals surface area contributed by atoms with Crippen molar-refractivity contribution >= 4 is 5.91 Å². The molecule has 1 amide bonds. The second-order valence-electron chi connectivity index (χ2n) is 7.03. The molecule has 1 aliphatic rings. The number of nitrogens with zero attached hydrogens (tertiary/aromatic N) is 5. The number of para-hydroxylation sites is 1. The molecule has 0 saturated carbocycles. The molecule has 1 atom stereocenters. The van der Waals surface area contributed by atoms with E-state index in [0.29, 0.717) is 5.56 Å². The largest absolute Gasteiger partial charge is 0.345 e. The fourth-order valence-corrected chi connectivity index (χ4v) is 3.90. The quantitative estimate of drug-likeness (QED) is 0.586. The summed E-state index contributed by atoms with van der Waals surface area (Å²) in [6.07, 6.45) is 9.94. The van der Waals surface area contributed by atoms with Crippen molar-refractivity contribution in [3.63, 3.8) is 0 Å². The van der Waals surface area contributed by atoms with Gasteiger partial charge in [0.15, 0.2) is 5.82 Å². The predicted molar refractivity (Wildman–Crippen MR) is 108 cm³/mol. The van der Waals surface area contributed by atoms with Gasteiger partial charge >= 0.3 is 0 Å². The van der Waals surface area contributed by atoms with Gasteiger partial charge in [0, 0.05) is 24.2 Å². The molecule has 0 radical (unpaired) electrons. The van der Waals surface area contributed by atoms with E-state index in [9.17, 15) is 4.79 Å². The lowest BCUT2D eigenvalue weighted by Crippen LogP contribution is -2.31. The molecule has 1 aromatic carbocycles. The summed E-state index contributed by atoms with van der Waals surface area (Å²) in [5.74, 6) is 0.685. The van der Waals surface area contributed by atoms with Crippen molar-refractivity contribution < 1.29 is 4.79 Å². The van der Waals surface area contributed by atoms with Gasteiger partial charge in [-0.25, -0.2) is 14.3 Å². The normalized spacial score (nSPS) is 15.7. The van der Waals surface area contributed by atoms with Crippen LogP contribution in [0.3, 0.4) is 0 Å². The Labute approximate surface area is 168 Å². The molecule has 5 rings (SSSR count). The molecule has 0 unspecified atom stereocenters. The highest BCUT2D eigenvalue weighted by atomic mass is 16.1. The number of aromatic nitrogens is 5. The van der Waals surface area contributed by atoms with E-state index in [2.05, 4.69) is 20.5 Å². The van der Waals surface area contributed by atoms with Gasteiger partial charge in [0.1, 0.15) is 0 Å². The Bertz CT molecular complexity index is 1130. The first kappa shape index (κ1) is 17.4. The van der Waals surface area contributed by atoms with Gasteiger partial charge in [-0.3, -0.25) is 4.79 Å². The standard InChI is InChI=1S/C22H20N6O/c29-22(16-7-1-2-9-19(16)27-14-6-13-24-27)26-18-8-5-10-20-17(18)15-25-28(20)21-11-3-4-12-23-21/h1-4,6-7,9,11-15,18H,5,8,10H2,(H,26,29)/t18-/m1/s1. The zero-order chi connectivity index (χ0) is 19.6. The van der Waals surface area contributed by atoms with Gasteiger partial charge in [0.25, 0.3) is 5.91 Å². The highest BCUT2D eigenvalue weighted by molar-refractivity contribution is 5.98. The molecule has 1 aliphatic carbocycles. The highest BCUT2D eigenvalue weighted by Crippen LogP contribution is 2.31. The third-order valence-electron chi connectivity index (χ3n) is 5.25. The lowest BCUT2D eigenvalue weighted by molar-refractivity contribution is 0.0932. The first-order valence-electron chi connectivity index (χ1n) is 9.69. The number of hydrogen-bond donors (Lipinski definition) is 1. The maximum Gasteiger partial charge on any atom is 0.253 e. The smallest absolute Gasteiger partial charge is 0.253 e. The van der Waals surface area contributed by atoms with Crippen LogP contribution < -0.4 is 5.32 Å². The Balaban J connectivity index is 1.44. The van der Waals surface area contributed by atoms with Gasteiger partial charge in [0.05, 0.1) is 29.2 Å². The van der Waals surface area contributed by atoms with E-state index in [1.165, 1.54) is 0 Å². The molecule has 0 aliphatic heterocycles. The first-order chi connectivity index (χ1) is 14.3. The Hall–Kier alpha value is -3.74. The fourth-order valence-electron chi connectivity index (χ4n) is 3.90. The minimum absolute atomic E-state index is 0.0746. The Morgan fingerprint density at radius 2 is 1.93 bits per heavy atom. The summed E-state index contributed by atoms with van der Waals surface area (Å²) in [6, 6.07) is 15.0. The molecule has 0 saturated heterocycles. The molecule has 4 aromatic rings. The van der Waals surface area contributed by atoms with Crippen LogP contribution in [-0.2, 0) is 6.42 Å². The van der Waals surface area contributed by atoms with Crippen LogP contribution in [0, 0.1) is 0 Å². The Morgan fingerprint density at radius 1 is 1.03 bits per heavy atom. The van der Waals surface area contributed by atoms with Gasteiger partial charge in [0.2, 0.25) is 0 Å². The summed E-state index contributed by atoms with van der Waals surface area (Å²) in [6.45, 7) is 0. The van der Waals surface area contributed by atoms with Crippen molar-refractivity contribution in [1.82, 2.24) is 29.9 Å². The van der Waals surface area contributed by atoms with Crippen molar-refractivity contribution in [3.8, 4) is 11.5 Å². The maximum absolute atomic E-state index is 13.1. The topological polar surface area (TPSA) is 77.6 Å². The first-order valence-corrected chi connectivity index (χ1v) is 9.69. The van der Waals surface area contributed by atoms with Crippen LogP contribution >= 0.6 is 0 Å². The molecule has 0 spiro atoms. The molecule has 29 heavy (non-hydrogen) atoms. The van der Waals surface area contributed by atoms with Gasteiger partial charge < -0.3 is 5.32 Å². The number of pyridine rings is 1. The zero-order valence-corrected chi connectivity index (χ0v) is 15.8. The second-order valence-corrected chi connectivity index (χ2v) is 7.03. The predicted octanol–water partition coefficient (Wildman–Crippen LogP) is 3.26. The van der Waals surface area contributed by atoms with E-state index in [-0.39, 0.29) is 11.9 Å². The van der Waals surface area contributed by atoms with Crippen LogP contribution in [-0.4, -0.2) is 30.5 Å². The fraction of sp³-hybridized carbons (Fsp3) is 0.182. The average molecular weight is 384 g/mol. The number of nitrogens with one attached hydrogen (secondary N) is 1. The van der Waals surface area contributed by atoms with Crippen molar-refractivity contribution in [2.45, 2.75) is 25.3 Å². The van der Waals surface area contributed by atoms with Crippen molar-refractivity contribution in [2.24, 2.45) is 0 Å². The summed E-state index contributed by atoms with van der Waals surface area (Å²) < 4.78 is 3.59. The Morgan fingerprint density at radius 3 is 2.76 bits per heavy atom. The molecule has 7 heteroatoms. The van der Waals surface area contributed by atoms with Crippen molar-refractivity contribution in [3.05, 3.63) is 90.1 Å². The number of hydrogen-bond acceptors (Lipinski definition) is 4. The summed E-state index contributed by atoms with van der Waals surface area (Å²) in [5, 5.41) is 12.0. The SMILES string of the molecule is O=C(N[C@@H]1CCCc2c1cnn2-c1ccccn1)c1ccccc1-n1cccn1. The minimum atomic E-state index is -0.112. The highest BCUT2D eigenvalue weighted by Gasteiger charge is 2.27. The summed E-state index contributed by atoms with van der Waals surface area (Å²) >= 11 is 0. The van der Waals surface area contributed by atoms with E-state index in [1.807, 2.05) is 65.6 Å². The second kappa shape index (κ2) is 7.35. The van der Waals surface area contributed by atoms with Gasteiger partial charge in [-0.05, 0) is 49.6 Å². The van der Waals surface area contributed by atoms with Gasteiger partial charge in [-0.15, -0.1) is 0 Å². The molecular formula is C22H20N6O. The van der Waals surface area contributed by atoms with Gasteiger partial charge in [-0.2, -0.15) is 10.2 Å². The van der Waals surface area contributed by atoms with E-state index in [4.69, 9.17) is 0 Å². The van der Waals surface area contributed by atoms with Crippen molar-refractivity contribution in [2.75, 3.05) is 0 Å². The zero-order valence-electron chi connectivity index (χ0n) is 15.8. The molecular weight excluding hydrogens is 364 g/mol. The van der Waals surface area contributed by atoms with Crippen LogP contribution in [0.15, 0.2) is 73.3 Å². The molecule has 1 N–H and O–H groups in total. The maximum atomic E-state index is 13.1. The van der Waals surface area contributed by atoms with Crippen LogP contribution in [0.4, 0.5) is 0 Å². The van der Waals surface area contributed by atoms with E-state index < -0.39 is 0 Å². The van der Waals surface area contributed by atoms with Crippen LogP contribution in [0.1, 0.15) is 40.5 Å². The number of fused-ring (bicyclic) bond motifs is 1. The number of benzene rings is 1.